The van der Waals surface area contributed by atoms with Gasteiger partial charge in [0.2, 0.25) is 0 Å². The van der Waals surface area contributed by atoms with Gasteiger partial charge in [-0.2, -0.15) is 0 Å². The van der Waals surface area contributed by atoms with E-state index in [1.807, 2.05) is 39.0 Å². The second-order valence-corrected chi connectivity index (χ2v) is 6.71. The Labute approximate surface area is 130 Å². The van der Waals surface area contributed by atoms with Gasteiger partial charge in [0, 0.05) is 0 Å². The highest BCUT2D eigenvalue weighted by atomic mass is 16.9. The molecule has 3 saturated heterocycles. The van der Waals surface area contributed by atoms with Gasteiger partial charge in [-0.15, -0.1) is 0 Å². The number of fused-ring (bicyclic) bond motifs is 1. The van der Waals surface area contributed by atoms with E-state index in [1.54, 1.807) is 0 Å². The number of hydrogen-bond donors (Lipinski definition) is 0. The Balaban J connectivity index is 1.53. The highest BCUT2D eigenvalue weighted by Crippen LogP contribution is 2.49. The quantitative estimate of drug-likeness (QED) is 0.857. The molecule has 0 aliphatic carbocycles. The summed E-state index contributed by atoms with van der Waals surface area (Å²) in [5.41, 5.74) is 0.674. The molecule has 0 bridgehead atoms. The predicted octanol–water partition coefficient (Wildman–Crippen LogP) is 2.24. The van der Waals surface area contributed by atoms with E-state index in [4.69, 9.17) is 23.7 Å². The summed E-state index contributed by atoms with van der Waals surface area (Å²) in [6.07, 6.45) is -0.815. The first-order chi connectivity index (χ1) is 10.5. The fourth-order valence-electron chi connectivity index (χ4n) is 3.47. The van der Waals surface area contributed by atoms with Gasteiger partial charge in [0.1, 0.15) is 17.8 Å². The molecule has 4 rings (SSSR count). The molecule has 0 N–H and O–H groups in total. The van der Waals surface area contributed by atoms with Crippen molar-refractivity contribution in [3.63, 3.8) is 0 Å². The fourth-order valence-corrected chi connectivity index (χ4v) is 3.47. The number of hydrogen-bond acceptors (Lipinski definition) is 5. The van der Waals surface area contributed by atoms with E-state index in [1.165, 1.54) is 0 Å². The number of rotatable bonds is 3. The molecule has 0 amide bonds. The summed E-state index contributed by atoms with van der Waals surface area (Å²) in [6, 6.07) is 10.1. The summed E-state index contributed by atoms with van der Waals surface area (Å²) in [5.74, 6) is -0.640. The lowest BCUT2D eigenvalue weighted by Gasteiger charge is -2.48. The van der Waals surface area contributed by atoms with Crippen LogP contribution in [-0.2, 0) is 30.3 Å². The van der Waals surface area contributed by atoms with E-state index in [-0.39, 0.29) is 24.6 Å². The molecule has 3 heterocycles. The highest BCUT2D eigenvalue weighted by molar-refractivity contribution is 5.15. The molecule has 1 aromatic carbocycles. The smallest absolute Gasteiger partial charge is 0.190 e. The summed E-state index contributed by atoms with van der Waals surface area (Å²) < 4.78 is 29.8. The minimum absolute atomic E-state index is 0.0193. The Morgan fingerprint density at radius 2 is 1.91 bits per heavy atom. The topological polar surface area (TPSA) is 46.2 Å². The molecular weight excluding hydrogens is 284 g/mol. The monoisotopic (exact) mass is 306 g/mol. The third kappa shape index (κ3) is 2.20. The van der Waals surface area contributed by atoms with Crippen LogP contribution >= 0.6 is 0 Å². The maximum absolute atomic E-state index is 6.21. The van der Waals surface area contributed by atoms with Crippen molar-refractivity contribution >= 4 is 0 Å². The summed E-state index contributed by atoms with van der Waals surface area (Å²) in [7, 11) is 0. The minimum atomic E-state index is -0.640. The van der Waals surface area contributed by atoms with Gasteiger partial charge in [0.25, 0.3) is 0 Å². The lowest BCUT2D eigenvalue weighted by molar-refractivity contribution is -0.323. The van der Waals surface area contributed by atoms with E-state index >= 15 is 0 Å². The number of benzene rings is 1. The van der Waals surface area contributed by atoms with Crippen molar-refractivity contribution in [2.24, 2.45) is 0 Å². The maximum Gasteiger partial charge on any atom is 0.190 e. The van der Waals surface area contributed by atoms with Crippen LogP contribution in [0.4, 0.5) is 0 Å². The van der Waals surface area contributed by atoms with Crippen molar-refractivity contribution < 1.29 is 23.7 Å². The SMILES string of the molecule is C[C@H]1OC[C@@]12O[C@@H]1OC(C)(C)O[C@@H]1[C@H]2OCc1ccccc1. The average Bonchev–Trinajstić information content (AvgIpc) is 2.95. The Kier molecular flexibility index (Phi) is 3.33. The third-order valence-electron chi connectivity index (χ3n) is 4.72. The van der Waals surface area contributed by atoms with Gasteiger partial charge in [-0.3, -0.25) is 0 Å². The first-order valence-electron chi connectivity index (χ1n) is 7.81. The van der Waals surface area contributed by atoms with Crippen LogP contribution in [0.5, 0.6) is 0 Å². The van der Waals surface area contributed by atoms with Crippen molar-refractivity contribution in [2.45, 2.75) is 63.4 Å². The van der Waals surface area contributed by atoms with Crippen molar-refractivity contribution in [1.82, 2.24) is 0 Å². The van der Waals surface area contributed by atoms with Crippen LogP contribution in [0.15, 0.2) is 30.3 Å². The number of ether oxygens (including phenoxy) is 5. The molecule has 3 fully saturated rings. The van der Waals surface area contributed by atoms with Crippen LogP contribution in [0.3, 0.4) is 0 Å². The van der Waals surface area contributed by atoms with E-state index in [0.717, 1.165) is 5.56 Å². The Morgan fingerprint density at radius 3 is 2.55 bits per heavy atom. The molecule has 0 aromatic heterocycles. The van der Waals surface area contributed by atoms with Crippen LogP contribution in [-0.4, -0.2) is 42.6 Å². The van der Waals surface area contributed by atoms with Crippen molar-refractivity contribution in [2.75, 3.05) is 6.61 Å². The highest BCUT2D eigenvalue weighted by Gasteiger charge is 2.68. The Morgan fingerprint density at radius 1 is 1.14 bits per heavy atom. The Hall–Kier alpha value is -0.980. The summed E-state index contributed by atoms with van der Waals surface area (Å²) >= 11 is 0. The summed E-state index contributed by atoms with van der Waals surface area (Å²) in [6.45, 7) is 6.85. The average molecular weight is 306 g/mol. The third-order valence-corrected chi connectivity index (χ3v) is 4.72. The second kappa shape index (κ2) is 5.01. The van der Waals surface area contributed by atoms with Gasteiger partial charge in [0.05, 0.1) is 19.3 Å². The summed E-state index contributed by atoms with van der Waals surface area (Å²) in [5, 5.41) is 0. The first kappa shape index (κ1) is 14.6. The normalized spacial score (nSPS) is 42.3. The van der Waals surface area contributed by atoms with Gasteiger partial charge >= 0.3 is 0 Å². The molecule has 0 unspecified atom stereocenters. The van der Waals surface area contributed by atoms with Crippen molar-refractivity contribution in [1.29, 1.82) is 0 Å². The van der Waals surface area contributed by atoms with E-state index in [2.05, 4.69) is 12.1 Å². The second-order valence-electron chi connectivity index (χ2n) is 6.71. The van der Waals surface area contributed by atoms with E-state index in [9.17, 15) is 0 Å². The molecule has 0 saturated carbocycles. The van der Waals surface area contributed by atoms with Gasteiger partial charge in [-0.05, 0) is 26.3 Å². The van der Waals surface area contributed by atoms with Crippen molar-refractivity contribution in [3.8, 4) is 0 Å². The molecule has 1 spiro atoms. The van der Waals surface area contributed by atoms with Crippen LogP contribution in [0.2, 0.25) is 0 Å². The maximum atomic E-state index is 6.21. The standard InChI is InChI=1S/C17H22O5/c1-11-17(10-19-11)14(18-9-12-7-5-4-6-8-12)13-15(22-17)21-16(2,3)20-13/h4-8,11,13-15H,9-10H2,1-3H3/t11-,13-,14-,15+,17-/m1/s1. The molecule has 5 heteroatoms. The van der Waals surface area contributed by atoms with Crippen LogP contribution in [0, 0.1) is 0 Å². The summed E-state index contributed by atoms with van der Waals surface area (Å²) in [4.78, 5) is 0. The van der Waals surface area contributed by atoms with Gasteiger partial charge in [-0.1, -0.05) is 30.3 Å². The lowest BCUT2D eigenvalue weighted by atomic mass is 9.86. The molecule has 22 heavy (non-hydrogen) atoms. The molecule has 0 radical (unpaired) electrons. The molecule has 1 aromatic rings. The minimum Gasteiger partial charge on any atom is -0.372 e. The van der Waals surface area contributed by atoms with Crippen molar-refractivity contribution in [3.05, 3.63) is 35.9 Å². The lowest BCUT2D eigenvalue weighted by Crippen LogP contribution is -2.65. The fraction of sp³-hybridized carbons (Fsp3) is 0.647. The van der Waals surface area contributed by atoms with Gasteiger partial charge in [0.15, 0.2) is 12.1 Å². The van der Waals surface area contributed by atoms with Gasteiger partial charge in [-0.25, -0.2) is 0 Å². The zero-order valence-electron chi connectivity index (χ0n) is 13.2. The zero-order valence-corrected chi connectivity index (χ0v) is 13.2. The largest absolute Gasteiger partial charge is 0.372 e. The molecular formula is C17H22O5. The molecule has 3 aliphatic heterocycles. The molecule has 5 atom stereocenters. The predicted molar refractivity (Wildman–Crippen MR) is 78.1 cm³/mol. The molecule has 3 aliphatic rings. The van der Waals surface area contributed by atoms with Crippen LogP contribution in [0.25, 0.3) is 0 Å². The Bertz CT molecular complexity index is 545. The zero-order chi connectivity index (χ0) is 15.4. The molecule has 5 nitrogen and oxygen atoms in total. The van der Waals surface area contributed by atoms with E-state index in [0.29, 0.717) is 13.2 Å². The van der Waals surface area contributed by atoms with Crippen LogP contribution in [0.1, 0.15) is 26.3 Å². The van der Waals surface area contributed by atoms with Crippen LogP contribution < -0.4 is 0 Å². The van der Waals surface area contributed by atoms with E-state index < -0.39 is 11.4 Å². The van der Waals surface area contributed by atoms with Gasteiger partial charge < -0.3 is 23.7 Å². The first-order valence-corrected chi connectivity index (χ1v) is 7.81. The molecule has 120 valence electrons.